The van der Waals surface area contributed by atoms with Crippen molar-refractivity contribution in [2.45, 2.75) is 242 Å². The van der Waals surface area contributed by atoms with Gasteiger partial charge in [-0.3, -0.25) is 13.8 Å². The summed E-state index contributed by atoms with van der Waals surface area (Å²) in [6, 6.07) is -1.15. The molecule has 9 N–H and O–H groups in total. The molecule has 1 saturated carbocycles. The summed E-state index contributed by atoms with van der Waals surface area (Å²) in [7, 11) is -5.09. The second-order valence-electron chi connectivity index (χ2n) is 16.1. The van der Waals surface area contributed by atoms with E-state index in [4.69, 9.17) is 9.05 Å². The first kappa shape index (κ1) is 53.1. The molecule has 1 aliphatic rings. The number of phosphoric acid groups is 1. The number of amides is 1. The zero-order valence-electron chi connectivity index (χ0n) is 34.8. The van der Waals surface area contributed by atoms with Crippen LogP contribution >= 0.6 is 7.82 Å². The number of aliphatic hydroxyl groups is 7. The molecular formula is C42H82NO12P. The van der Waals surface area contributed by atoms with Crippen LogP contribution in [0.2, 0.25) is 0 Å². The van der Waals surface area contributed by atoms with Gasteiger partial charge < -0.3 is 46.0 Å². The van der Waals surface area contributed by atoms with Gasteiger partial charge >= 0.3 is 7.82 Å². The summed E-state index contributed by atoms with van der Waals surface area (Å²) in [5.41, 5.74) is 0. The van der Waals surface area contributed by atoms with Crippen LogP contribution in [0.5, 0.6) is 0 Å². The molecule has 332 valence electrons. The topological polar surface area (TPSA) is 226 Å². The van der Waals surface area contributed by atoms with Crippen molar-refractivity contribution >= 4 is 13.7 Å². The van der Waals surface area contributed by atoms with E-state index in [2.05, 4.69) is 24.4 Å². The van der Waals surface area contributed by atoms with E-state index in [1.165, 1.54) is 103 Å². The van der Waals surface area contributed by atoms with Crippen LogP contribution in [0.3, 0.4) is 0 Å². The first-order chi connectivity index (χ1) is 26.8. The highest BCUT2D eigenvalue weighted by Crippen LogP contribution is 2.47. The molecule has 13 nitrogen and oxygen atoms in total. The molecule has 1 rings (SSSR count). The van der Waals surface area contributed by atoms with Crippen molar-refractivity contribution in [2.75, 3.05) is 6.61 Å². The Balaban J connectivity index is 2.23. The number of nitrogens with one attached hydrogen (secondary N) is 1. The highest BCUT2D eigenvalue weighted by molar-refractivity contribution is 7.47. The van der Waals surface area contributed by atoms with Gasteiger partial charge in [0.25, 0.3) is 0 Å². The van der Waals surface area contributed by atoms with E-state index in [-0.39, 0.29) is 12.8 Å². The van der Waals surface area contributed by atoms with Gasteiger partial charge in [0.15, 0.2) is 0 Å². The average molecular weight is 824 g/mol. The Hall–Kier alpha value is -0.960. The van der Waals surface area contributed by atoms with Gasteiger partial charge in [0.05, 0.1) is 31.3 Å². The summed E-state index contributed by atoms with van der Waals surface area (Å²) in [6.45, 7) is 3.56. The average Bonchev–Trinajstić information content (AvgIpc) is 3.16. The van der Waals surface area contributed by atoms with Gasteiger partial charge in [-0.15, -0.1) is 0 Å². The summed E-state index contributed by atoms with van der Waals surface area (Å²) >= 11 is 0. The molecule has 14 heteroatoms. The lowest BCUT2D eigenvalue weighted by atomic mass is 9.85. The van der Waals surface area contributed by atoms with Gasteiger partial charge in [-0.2, -0.15) is 0 Å². The van der Waals surface area contributed by atoms with E-state index in [0.29, 0.717) is 12.8 Å². The number of phosphoric ester groups is 1. The van der Waals surface area contributed by atoms with Crippen LogP contribution in [-0.2, 0) is 18.4 Å². The number of hydrogen-bond acceptors (Lipinski definition) is 11. The molecule has 0 heterocycles. The van der Waals surface area contributed by atoms with Gasteiger partial charge in [-0.1, -0.05) is 154 Å². The van der Waals surface area contributed by atoms with Crippen LogP contribution in [0, 0.1) is 0 Å². The molecule has 0 aromatic heterocycles. The molecule has 8 unspecified atom stereocenters. The predicted octanol–water partition coefficient (Wildman–Crippen LogP) is 6.64. The Morgan fingerprint density at radius 1 is 0.607 bits per heavy atom. The highest BCUT2D eigenvalue weighted by atomic mass is 31.2. The van der Waals surface area contributed by atoms with E-state index >= 15 is 0 Å². The number of carbonyl (C=O) groups is 1. The van der Waals surface area contributed by atoms with Crippen LogP contribution < -0.4 is 5.32 Å². The van der Waals surface area contributed by atoms with Gasteiger partial charge in [-0.05, 0) is 38.5 Å². The van der Waals surface area contributed by atoms with Crippen molar-refractivity contribution < 1.29 is 59.0 Å². The first-order valence-corrected chi connectivity index (χ1v) is 23.7. The van der Waals surface area contributed by atoms with Crippen LogP contribution in [-0.4, -0.2) is 108 Å². The molecule has 8 atom stereocenters. The fourth-order valence-electron chi connectivity index (χ4n) is 7.18. The van der Waals surface area contributed by atoms with Crippen LogP contribution in [0.4, 0.5) is 0 Å². The van der Waals surface area contributed by atoms with Crippen molar-refractivity contribution in [1.82, 2.24) is 5.32 Å². The monoisotopic (exact) mass is 824 g/mol. The van der Waals surface area contributed by atoms with Gasteiger partial charge in [0.2, 0.25) is 5.91 Å². The quantitative estimate of drug-likeness (QED) is 0.0184. The molecule has 1 amide bonds. The molecule has 56 heavy (non-hydrogen) atoms. The smallest absolute Gasteiger partial charge is 0.393 e. The Morgan fingerprint density at radius 2 is 1.00 bits per heavy atom. The maximum absolute atomic E-state index is 12.8. The largest absolute Gasteiger partial charge is 0.472 e. The Kier molecular flexibility index (Phi) is 31.1. The Morgan fingerprint density at radius 3 is 1.48 bits per heavy atom. The van der Waals surface area contributed by atoms with Crippen LogP contribution in [0.25, 0.3) is 0 Å². The first-order valence-electron chi connectivity index (χ1n) is 22.2. The van der Waals surface area contributed by atoms with E-state index < -0.39 is 75.2 Å². The number of allylic oxidation sites excluding steroid dienone is 2. The minimum absolute atomic E-state index is 0.225. The number of hydrogen-bond donors (Lipinski definition) is 9. The fourth-order valence-corrected chi connectivity index (χ4v) is 8.15. The lowest BCUT2D eigenvalue weighted by Gasteiger charge is -2.41. The SMILES string of the molecule is CCCCCCCCCCCCCC/C=C\CCCCCCCCCC(O)CC(=O)NC(COP(=O)(O)OC1C(O)C(O)C(O)C(O)C1O)C(O)CCCCC. The van der Waals surface area contributed by atoms with E-state index in [0.717, 1.165) is 44.9 Å². The van der Waals surface area contributed by atoms with Gasteiger partial charge in [-0.25, -0.2) is 4.57 Å². The van der Waals surface area contributed by atoms with Crippen molar-refractivity contribution in [3.8, 4) is 0 Å². The molecule has 1 fully saturated rings. The lowest BCUT2D eigenvalue weighted by Crippen LogP contribution is -2.64. The molecule has 0 radical (unpaired) electrons. The molecular weight excluding hydrogens is 741 g/mol. The second-order valence-corrected chi connectivity index (χ2v) is 17.5. The molecule has 0 aliphatic heterocycles. The summed E-state index contributed by atoms with van der Waals surface area (Å²) in [6.07, 6.45) is 19.9. The maximum Gasteiger partial charge on any atom is 0.472 e. The molecule has 0 aromatic rings. The maximum atomic E-state index is 12.8. The summed E-state index contributed by atoms with van der Waals surface area (Å²) in [5, 5.41) is 73.7. The number of rotatable bonds is 36. The highest BCUT2D eigenvalue weighted by Gasteiger charge is 2.51. The third kappa shape index (κ3) is 24.8. The molecule has 0 spiro atoms. The molecule has 1 aliphatic carbocycles. The van der Waals surface area contributed by atoms with E-state index in [1.54, 1.807) is 0 Å². The fraction of sp³-hybridized carbons (Fsp3) is 0.929. The van der Waals surface area contributed by atoms with E-state index in [9.17, 15) is 50.0 Å². The third-order valence-corrected chi connectivity index (χ3v) is 11.9. The number of aliphatic hydroxyl groups excluding tert-OH is 7. The van der Waals surface area contributed by atoms with Crippen LogP contribution in [0.15, 0.2) is 12.2 Å². The minimum atomic E-state index is -5.09. The predicted molar refractivity (Wildman–Crippen MR) is 220 cm³/mol. The van der Waals surface area contributed by atoms with Crippen molar-refractivity contribution in [3.05, 3.63) is 12.2 Å². The Bertz CT molecular complexity index is 1020. The number of unbranched alkanes of at least 4 members (excludes halogenated alkanes) is 21. The molecule has 0 saturated heterocycles. The standard InChI is InChI=1S/C42H82NO12P/c1-3-5-7-8-9-10-11-12-13-14-15-16-17-18-19-20-21-22-23-24-25-26-28-29-33(44)31-36(46)43-34(35(45)30-27-6-4-2)32-54-56(52,53)55-42-40(50)38(48)37(47)39(49)41(42)51/h18-19,33-35,37-42,44-45,47-51H,3-17,20-32H2,1-2H3,(H,43,46)(H,52,53)/b19-18-. The normalized spacial score (nSPS) is 24.2. The van der Waals surface area contributed by atoms with Gasteiger partial charge in [0.1, 0.15) is 36.6 Å². The zero-order chi connectivity index (χ0) is 41.6. The third-order valence-electron chi connectivity index (χ3n) is 10.9. The Labute approximate surface area is 338 Å². The second kappa shape index (κ2) is 32.8. The summed E-state index contributed by atoms with van der Waals surface area (Å²) < 4.78 is 22.6. The van der Waals surface area contributed by atoms with E-state index in [1.807, 2.05) is 6.92 Å². The zero-order valence-corrected chi connectivity index (χ0v) is 35.7. The molecule has 0 aromatic carbocycles. The van der Waals surface area contributed by atoms with Crippen molar-refractivity contribution in [3.63, 3.8) is 0 Å². The number of carbonyl (C=O) groups excluding carboxylic acids is 1. The summed E-state index contributed by atoms with van der Waals surface area (Å²) in [4.78, 5) is 23.1. The van der Waals surface area contributed by atoms with Crippen molar-refractivity contribution in [2.24, 2.45) is 0 Å². The van der Waals surface area contributed by atoms with Crippen molar-refractivity contribution in [1.29, 1.82) is 0 Å². The minimum Gasteiger partial charge on any atom is -0.393 e. The molecule has 0 bridgehead atoms. The summed E-state index contributed by atoms with van der Waals surface area (Å²) in [5.74, 6) is -0.573. The van der Waals surface area contributed by atoms with Crippen LogP contribution in [0.1, 0.15) is 187 Å². The van der Waals surface area contributed by atoms with Gasteiger partial charge in [0, 0.05) is 0 Å². The lowest BCUT2D eigenvalue weighted by molar-refractivity contribution is -0.220.